The summed E-state index contributed by atoms with van der Waals surface area (Å²) in [5.41, 5.74) is -0.901. The van der Waals surface area contributed by atoms with Gasteiger partial charge in [-0.2, -0.15) is 13.2 Å². The number of para-hydroxylation sites is 1. The number of rotatable bonds is 4. The van der Waals surface area contributed by atoms with Crippen molar-refractivity contribution < 1.29 is 23.1 Å². The van der Waals surface area contributed by atoms with Crippen LogP contribution in [-0.4, -0.2) is 47.3 Å². The van der Waals surface area contributed by atoms with Gasteiger partial charge in [0.25, 0.3) is 0 Å². The van der Waals surface area contributed by atoms with Crippen LogP contribution in [0.5, 0.6) is 0 Å². The first-order valence-corrected chi connectivity index (χ1v) is 8.02. The van der Waals surface area contributed by atoms with Crippen molar-refractivity contribution in [1.29, 1.82) is 0 Å². The van der Waals surface area contributed by atoms with E-state index in [1.54, 1.807) is 4.90 Å². The molecule has 24 heavy (non-hydrogen) atoms. The van der Waals surface area contributed by atoms with E-state index in [1.165, 1.54) is 0 Å². The first-order valence-electron chi connectivity index (χ1n) is 8.02. The molecule has 0 spiro atoms. The Morgan fingerprint density at radius 3 is 2.42 bits per heavy atom. The molecule has 0 saturated carbocycles. The number of nitrogens with one attached hydrogen (secondary N) is 1. The van der Waals surface area contributed by atoms with Crippen LogP contribution in [0.1, 0.15) is 38.2 Å². The Hall–Kier alpha value is -1.60. The van der Waals surface area contributed by atoms with E-state index in [-0.39, 0.29) is 31.5 Å². The zero-order chi connectivity index (χ0) is 18.0. The van der Waals surface area contributed by atoms with Crippen molar-refractivity contribution in [2.75, 3.05) is 25.0 Å². The third-order valence-corrected chi connectivity index (χ3v) is 4.43. The van der Waals surface area contributed by atoms with Gasteiger partial charge in [0.05, 0.1) is 6.54 Å². The van der Waals surface area contributed by atoms with Crippen molar-refractivity contribution >= 4 is 11.6 Å². The maximum Gasteiger partial charge on any atom is 0.417 e. The third kappa shape index (κ3) is 4.27. The summed E-state index contributed by atoms with van der Waals surface area (Å²) in [4.78, 5) is 13.8. The lowest BCUT2D eigenvalue weighted by Crippen LogP contribution is -2.54. The van der Waals surface area contributed by atoms with Gasteiger partial charge in [-0.1, -0.05) is 32.0 Å². The van der Waals surface area contributed by atoms with Gasteiger partial charge in [-0.15, -0.1) is 0 Å². The number of alkyl halides is 3. The molecular weight excluding hydrogens is 321 g/mol. The highest BCUT2D eigenvalue weighted by Gasteiger charge is 2.54. The van der Waals surface area contributed by atoms with E-state index >= 15 is 0 Å². The van der Waals surface area contributed by atoms with Crippen LogP contribution in [-0.2, 0) is 4.79 Å². The zero-order valence-electron chi connectivity index (χ0n) is 13.9. The molecule has 2 rings (SSSR count). The average molecular weight is 344 g/mol. The van der Waals surface area contributed by atoms with Gasteiger partial charge in [0.2, 0.25) is 5.91 Å². The van der Waals surface area contributed by atoms with Gasteiger partial charge in [-0.3, -0.25) is 9.69 Å². The maximum absolute atomic E-state index is 12.8. The highest BCUT2D eigenvalue weighted by molar-refractivity contribution is 5.93. The molecule has 1 aliphatic rings. The summed E-state index contributed by atoms with van der Waals surface area (Å²) in [5, 5.41) is 12.5. The number of hydrogen-bond donors (Lipinski definition) is 2. The van der Waals surface area contributed by atoms with Crippen LogP contribution < -0.4 is 5.32 Å². The smallest absolute Gasteiger partial charge is 0.380 e. The van der Waals surface area contributed by atoms with Crippen LogP contribution in [0, 0.1) is 0 Å². The van der Waals surface area contributed by atoms with E-state index < -0.39 is 24.6 Å². The lowest BCUT2D eigenvalue weighted by Gasteiger charge is -2.38. The highest BCUT2D eigenvalue weighted by atomic mass is 19.4. The molecule has 1 heterocycles. The van der Waals surface area contributed by atoms with Gasteiger partial charge in [-0.05, 0) is 30.4 Å². The standard InChI is InChI=1S/C17H23F3N2O2/c1-12(2)13-5-3-4-6-14(13)21-15(23)11-22-9-7-16(24,8-10-22)17(18,19)20/h3-6,12,24H,7-11H2,1-2H3,(H,21,23). The molecule has 4 nitrogen and oxygen atoms in total. The summed E-state index contributed by atoms with van der Waals surface area (Å²) >= 11 is 0. The van der Waals surface area contributed by atoms with Gasteiger partial charge >= 0.3 is 6.18 Å². The van der Waals surface area contributed by atoms with Gasteiger partial charge in [-0.25, -0.2) is 0 Å². The molecular formula is C17H23F3N2O2. The number of piperidine rings is 1. The SMILES string of the molecule is CC(C)c1ccccc1NC(=O)CN1CCC(O)(C(F)(F)F)CC1. The van der Waals surface area contributed by atoms with Crippen LogP contribution in [0.4, 0.5) is 18.9 Å². The van der Waals surface area contributed by atoms with Crippen LogP contribution in [0.3, 0.4) is 0 Å². The summed E-state index contributed by atoms with van der Waals surface area (Å²) < 4.78 is 38.3. The van der Waals surface area contributed by atoms with Gasteiger partial charge in [0.1, 0.15) is 0 Å². The Labute approximate surface area is 139 Å². The van der Waals surface area contributed by atoms with E-state index in [2.05, 4.69) is 5.32 Å². The second-order valence-electron chi connectivity index (χ2n) is 6.60. The lowest BCUT2D eigenvalue weighted by atomic mass is 9.91. The summed E-state index contributed by atoms with van der Waals surface area (Å²) in [6.45, 7) is 4.13. The molecule has 1 fully saturated rings. The molecule has 0 unspecified atom stereocenters. The Kier molecular flexibility index (Phi) is 5.55. The highest BCUT2D eigenvalue weighted by Crippen LogP contribution is 2.38. The third-order valence-electron chi connectivity index (χ3n) is 4.43. The molecule has 0 bridgehead atoms. The fourth-order valence-electron chi connectivity index (χ4n) is 2.87. The molecule has 1 aliphatic heterocycles. The van der Waals surface area contributed by atoms with Crippen molar-refractivity contribution in [2.24, 2.45) is 0 Å². The molecule has 1 amide bonds. The monoisotopic (exact) mass is 344 g/mol. The number of amides is 1. The number of halogens is 3. The van der Waals surface area contributed by atoms with E-state index in [9.17, 15) is 23.1 Å². The minimum atomic E-state index is -4.63. The maximum atomic E-state index is 12.8. The van der Waals surface area contributed by atoms with Crippen LogP contribution in [0.2, 0.25) is 0 Å². The number of likely N-dealkylation sites (tertiary alicyclic amines) is 1. The second-order valence-corrected chi connectivity index (χ2v) is 6.60. The molecule has 0 radical (unpaired) electrons. The Balaban J connectivity index is 1.91. The number of carbonyl (C=O) groups excluding carboxylic acids is 1. The Bertz CT molecular complexity index is 579. The average Bonchev–Trinajstić information content (AvgIpc) is 2.49. The molecule has 0 atom stereocenters. The van der Waals surface area contributed by atoms with Gasteiger partial charge < -0.3 is 10.4 Å². The normalized spacial score (nSPS) is 18.6. The second kappa shape index (κ2) is 7.11. The van der Waals surface area contributed by atoms with Crippen molar-refractivity contribution in [3.63, 3.8) is 0 Å². The van der Waals surface area contributed by atoms with Crippen molar-refractivity contribution in [3.05, 3.63) is 29.8 Å². The summed E-state index contributed by atoms with van der Waals surface area (Å²) in [7, 11) is 0. The predicted molar refractivity (Wildman–Crippen MR) is 85.8 cm³/mol. The fourth-order valence-corrected chi connectivity index (χ4v) is 2.87. The first kappa shape index (κ1) is 18.7. The fraction of sp³-hybridized carbons (Fsp3) is 0.588. The minimum Gasteiger partial charge on any atom is -0.380 e. The molecule has 1 saturated heterocycles. The molecule has 0 aromatic heterocycles. The Morgan fingerprint density at radius 2 is 1.88 bits per heavy atom. The number of aliphatic hydroxyl groups is 1. The van der Waals surface area contributed by atoms with Crippen molar-refractivity contribution in [2.45, 2.75) is 44.4 Å². The first-order chi connectivity index (χ1) is 11.1. The van der Waals surface area contributed by atoms with Crippen LogP contribution >= 0.6 is 0 Å². The Morgan fingerprint density at radius 1 is 1.29 bits per heavy atom. The van der Waals surface area contributed by atoms with Crippen LogP contribution in [0.25, 0.3) is 0 Å². The summed E-state index contributed by atoms with van der Waals surface area (Å²) in [5.74, 6) is -0.0150. The molecule has 7 heteroatoms. The van der Waals surface area contributed by atoms with E-state index in [1.807, 2.05) is 38.1 Å². The van der Waals surface area contributed by atoms with Crippen molar-refractivity contribution in [3.8, 4) is 0 Å². The molecule has 134 valence electrons. The number of nitrogens with zero attached hydrogens (tertiary/aromatic N) is 1. The topological polar surface area (TPSA) is 52.6 Å². The van der Waals surface area contributed by atoms with Crippen molar-refractivity contribution in [1.82, 2.24) is 4.90 Å². The van der Waals surface area contributed by atoms with Gasteiger partial charge in [0, 0.05) is 18.8 Å². The number of anilines is 1. The number of benzene rings is 1. The zero-order valence-corrected chi connectivity index (χ0v) is 13.9. The predicted octanol–water partition coefficient (Wildman–Crippen LogP) is 3.14. The number of carbonyl (C=O) groups is 1. The van der Waals surface area contributed by atoms with Crippen LogP contribution in [0.15, 0.2) is 24.3 Å². The van der Waals surface area contributed by atoms with E-state index in [4.69, 9.17) is 0 Å². The minimum absolute atomic E-state index is 0.0143. The lowest BCUT2D eigenvalue weighted by molar-refractivity contribution is -0.272. The molecule has 1 aromatic rings. The molecule has 1 aromatic carbocycles. The molecule has 0 aliphatic carbocycles. The number of hydrogen-bond acceptors (Lipinski definition) is 3. The quantitative estimate of drug-likeness (QED) is 0.882. The molecule has 2 N–H and O–H groups in total. The summed E-state index contributed by atoms with van der Waals surface area (Å²) in [6, 6.07) is 7.47. The van der Waals surface area contributed by atoms with E-state index in [0.29, 0.717) is 0 Å². The van der Waals surface area contributed by atoms with Gasteiger partial charge in [0.15, 0.2) is 5.60 Å². The van der Waals surface area contributed by atoms with E-state index in [0.717, 1.165) is 11.3 Å². The largest absolute Gasteiger partial charge is 0.417 e. The summed E-state index contributed by atoms with van der Waals surface area (Å²) in [6.07, 6.45) is -5.45.